The molecular weight excluding hydrogens is 196 g/mol. The van der Waals surface area contributed by atoms with Gasteiger partial charge in [0.05, 0.1) is 6.04 Å². The predicted molar refractivity (Wildman–Crippen MR) is 61.4 cm³/mol. The number of rotatable bonds is 2. The van der Waals surface area contributed by atoms with Crippen molar-refractivity contribution < 1.29 is 4.79 Å². The Morgan fingerprint density at radius 3 is 2.79 bits per heavy atom. The molecule has 0 aromatic carbocycles. The van der Waals surface area contributed by atoms with Gasteiger partial charge in [-0.1, -0.05) is 6.92 Å². The lowest BCUT2D eigenvalue weighted by atomic mass is 10.1. The molecule has 0 bridgehead atoms. The molecule has 1 aliphatic heterocycles. The summed E-state index contributed by atoms with van der Waals surface area (Å²) in [5.41, 5.74) is 5.74. The van der Waals surface area contributed by atoms with Crippen LogP contribution in [-0.2, 0) is 4.79 Å². The molecule has 1 atom stereocenters. The maximum absolute atomic E-state index is 11.8. The second-order valence-electron chi connectivity index (χ2n) is 4.38. The lowest BCUT2D eigenvalue weighted by Crippen LogP contribution is -2.51. The highest BCUT2D eigenvalue weighted by Crippen LogP contribution is 2.29. The molecule has 0 aromatic rings. The molecule has 3 nitrogen and oxygen atoms in total. The van der Waals surface area contributed by atoms with Gasteiger partial charge in [0.25, 0.3) is 0 Å². The molecule has 1 aliphatic rings. The Morgan fingerprint density at radius 1 is 1.64 bits per heavy atom. The van der Waals surface area contributed by atoms with Crippen molar-refractivity contribution in [3.63, 3.8) is 0 Å². The van der Waals surface area contributed by atoms with Gasteiger partial charge in [0.2, 0.25) is 5.91 Å². The van der Waals surface area contributed by atoms with E-state index in [9.17, 15) is 4.79 Å². The van der Waals surface area contributed by atoms with E-state index in [2.05, 4.69) is 13.8 Å². The number of nitrogens with zero attached hydrogens (tertiary/aromatic N) is 1. The van der Waals surface area contributed by atoms with Crippen LogP contribution in [-0.4, -0.2) is 40.4 Å². The SMILES string of the molecule is CCC(N)C(=O)N1CCSC(C)(C)C1. The number of thioether (sulfide) groups is 1. The van der Waals surface area contributed by atoms with Crippen molar-refractivity contribution in [2.45, 2.75) is 38.0 Å². The summed E-state index contributed by atoms with van der Waals surface area (Å²) in [6.45, 7) is 7.97. The molecular formula is C10H20N2OS. The first-order valence-corrected chi connectivity index (χ1v) is 6.13. The Balaban J connectivity index is 2.56. The Morgan fingerprint density at radius 2 is 2.29 bits per heavy atom. The summed E-state index contributed by atoms with van der Waals surface area (Å²) in [5.74, 6) is 1.13. The van der Waals surface area contributed by atoms with Crippen LogP contribution in [0.2, 0.25) is 0 Å². The minimum Gasteiger partial charge on any atom is -0.339 e. The second-order valence-corrected chi connectivity index (χ2v) is 6.18. The molecule has 1 saturated heterocycles. The van der Waals surface area contributed by atoms with E-state index in [4.69, 9.17) is 5.73 Å². The molecule has 0 aliphatic carbocycles. The van der Waals surface area contributed by atoms with Gasteiger partial charge in [0.15, 0.2) is 0 Å². The van der Waals surface area contributed by atoms with Crippen LogP contribution >= 0.6 is 11.8 Å². The third kappa shape index (κ3) is 2.89. The first kappa shape index (κ1) is 11.9. The van der Waals surface area contributed by atoms with E-state index in [1.165, 1.54) is 0 Å². The molecule has 1 unspecified atom stereocenters. The van der Waals surface area contributed by atoms with Gasteiger partial charge in [-0.15, -0.1) is 0 Å². The number of hydrogen-bond donors (Lipinski definition) is 1. The fourth-order valence-corrected chi connectivity index (χ4v) is 2.73. The minimum absolute atomic E-state index is 0.112. The van der Waals surface area contributed by atoms with Crippen LogP contribution < -0.4 is 5.73 Å². The minimum atomic E-state index is -0.311. The Hall–Kier alpha value is -0.220. The molecule has 1 fully saturated rings. The van der Waals surface area contributed by atoms with Crippen LogP contribution in [0.3, 0.4) is 0 Å². The number of carbonyl (C=O) groups is 1. The van der Waals surface area contributed by atoms with Crippen molar-refractivity contribution in [1.29, 1.82) is 0 Å². The highest BCUT2D eigenvalue weighted by Gasteiger charge is 2.31. The Labute approximate surface area is 90.4 Å². The number of nitrogens with two attached hydrogens (primary N) is 1. The summed E-state index contributed by atoms with van der Waals surface area (Å²) >= 11 is 1.93. The van der Waals surface area contributed by atoms with E-state index >= 15 is 0 Å². The van der Waals surface area contributed by atoms with E-state index in [-0.39, 0.29) is 16.7 Å². The summed E-state index contributed by atoms with van der Waals surface area (Å²) in [6, 6.07) is -0.311. The van der Waals surface area contributed by atoms with Gasteiger partial charge < -0.3 is 10.6 Å². The average molecular weight is 216 g/mol. The van der Waals surface area contributed by atoms with Crippen molar-refractivity contribution >= 4 is 17.7 Å². The van der Waals surface area contributed by atoms with Crippen LogP contribution in [0.15, 0.2) is 0 Å². The zero-order valence-electron chi connectivity index (χ0n) is 9.25. The quantitative estimate of drug-likeness (QED) is 0.751. The van der Waals surface area contributed by atoms with Gasteiger partial charge in [0, 0.05) is 23.6 Å². The lowest BCUT2D eigenvalue weighted by molar-refractivity contribution is -0.132. The Kier molecular flexibility index (Phi) is 3.84. The summed E-state index contributed by atoms with van der Waals surface area (Å²) in [6.07, 6.45) is 0.725. The van der Waals surface area contributed by atoms with Gasteiger partial charge in [-0.25, -0.2) is 0 Å². The first-order chi connectivity index (χ1) is 6.46. The van der Waals surface area contributed by atoms with E-state index < -0.39 is 0 Å². The molecule has 0 spiro atoms. The summed E-state index contributed by atoms with van der Waals surface area (Å²) in [7, 11) is 0. The summed E-state index contributed by atoms with van der Waals surface area (Å²) in [5, 5.41) is 0. The van der Waals surface area contributed by atoms with E-state index in [0.717, 1.165) is 25.3 Å². The Bertz CT molecular complexity index is 218. The summed E-state index contributed by atoms with van der Waals surface area (Å²) in [4.78, 5) is 13.7. The third-order valence-corrected chi connectivity index (χ3v) is 3.79. The average Bonchev–Trinajstić information content (AvgIpc) is 2.14. The fraction of sp³-hybridized carbons (Fsp3) is 0.900. The molecule has 1 heterocycles. The number of carbonyl (C=O) groups excluding carboxylic acids is 1. The third-order valence-electron chi connectivity index (χ3n) is 2.49. The van der Waals surface area contributed by atoms with Crippen molar-refractivity contribution in [3.05, 3.63) is 0 Å². The molecule has 1 amide bonds. The molecule has 14 heavy (non-hydrogen) atoms. The van der Waals surface area contributed by atoms with Gasteiger partial charge >= 0.3 is 0 Å². The smallest absolute Gasteiger partial charge is 0.239 e. The second kappa shape index (κ2) is 4.53. The van der Waals surface area contributed by atoms with Crippen molar-refractivity contribution in [2.75, 3.05) is 18.8 Å². The molecule has 82 valence electrons. The fourth-order valence-electron chi connectivity index (χ4n) is 1.61. The predicted octanol–water partition coefficient (Wildman–Crippen LogP) is 1.08. The highest BCUT2D eigenvalue weighted by molar-refractivity contribution is 8.00. The first-order valence-electron chi connectivity index (χ1n) is 5.14. The lowest BCUT2D eigenvalue weighted by Gasteiger charge is -2.38. The molecule has 4 heteroatoms. The standard InChI is InChI=1S/C10H20N2OS/c1-4-8(11)9(13)12-5-6-14-10(2,3)7-12/h8H,4-7,11H2,1-3H3. The van der Waals surface area contributed by atoms with E-state index in [1.807, 2.05) is 23.6 Å². The van der Waals surface area contributed by atoms with Crippen LogP contribution in [0.1, 0.15) is 27.2 Å². The summed E-state index contributed by atoms with van der Waals surface area (Å²) < 4.78 is 0.182. The topological polar surface area (TPSA) is 46.3 Å². The van der Waals surface area contributed by atoms with Gasteiger partial charge in [-0.05, 0) is 20.3 Å². The number of hydrogen-bond acceptors (Lipinski definition) is 3. The van der Waals surface area contributed by atoms with Crippen molar-refractivity contribution in [3.8, 4) is 0 Å². The van der Waals surface area contributed by atoms with E-state index in [1.54, 1.807) is 0 Å². The van der Waals surface area contributed by atoms with Gasteiger partial charge in [0.1, 0.15) is 0 Å². The largest absolute Gasteiger partial charge is 0.339 e. The van der Waals surface area contributed by atoms with Crippen LogP contribution in [0, 0.1) is 0 Å². The normalized spacial score (nSPS) is 23.3. The molecule has 1 rings (SSSR count). The zero-order chi connectivity index (χ0) is 10.8. The molecule has 2 N–H and O–H groups in total. The monoisotopic (exact) mass is 216 g/mol. The molecule has 0 saturated carbocycles. The van der Waals surface area contributed by atoms with Crippen molar-refractivity contribution in [2.24, 2.45) is 5.73 Å². The highest BCUT2D eigenvalue weighted by atomic mass is 32.2. The maximum Gasteiger partial charge on any atom is 0.239 e. The van der Waals surface area contributed by atoms with Crippen molar-refractivity contribution in [1.82, 2.24) is 4.90 Å². The molecule has 0 radical (unpaired) electrons. The van der Waals surface area contributed by atoms with Crippen LogP contribution in [0.5, 0.6) is 0 Å². The van der Waals surface area contributed by atoms with Gasteiger partial charge in [-0.2, -0.15) is 11.8 Å². The molecule has 0 aromatic heterocycles. The van der Waals surface area contributed by atoms with E-state index in [0.29, 0.717) is 0 Å². The van der Waals surface area contributed by atoms with Gasteiger partial charge in [-0.3, -0.25) is 4.79 Å². The van der Waals surface area contributed by atoms with Crippen LogP contribution in [0.4, 0.5) is 0 Å². The zero-order valence-corrected chi connectivity index (χ0v) is 10.1. The maximum atomic E-state index is 11.8. The van der Waals surface area contributed by atoms with Crippen LogP contribution in [0.25, 0.3) is 0 Å². The number of amides is 1.